The molecule has 0 N–H and O–H groups in total. The van der Waals surface area contributed by atoms with Gasteiger partial charge in [-0.25, -0.2) is 13.2 Å². The molecule has 0 saturated carbocycles. The molecule has 0 radical (unpaired) electrons. The van der Waals surface area contributed by atoms with Gasteiger partial charge in [0.25, 0.3) is 0 Å². The molecule has 1 fully saturated rings. The van der Waals surface area contributed by atoms with Crippen molar-refractivity contribution in [2.24, 2.45) is 0 Å². The maximum Gasteiger partial charge on any atom is 0.339 e. The lowest BCUT2D eigenvalue weighted by molar-refractivity contribution is 0.0601. The number of esters is 1. The Morgan fingerprint density at radius 1 is 1.37 bits per heavy atom. The van der Waals surface area contributed by atoms with E-state index in [4.69, 9.17) is 23.2 Å². The van der Waals surface area contributed by atoms with Crippen LogP contribution < -0.4 is 4.31 Å². The Morgan fingerprint density at radius 2 is 2.05 bits per heavy atom. The van der Waals surface area contributed by atoms with Crippen molar-refractivity contribution in [1.82, 2.24) is 0 Å². The summed E-state index contributed by atoms with van der Waals surface area (Å²) in [6, 6.07) is 2.81. The van der Waals surface area contributed by atoms with E-state index < -0.39 is 16.0 Å². The lowest BCUT2D eigenvalue weighted by atomic mass is 10.2. The van der Waals surface area contributed by atoms with Gasteiger partial charge in [-0.05, 0) is 18.6 Å². The van der Waals surface area contributed by atoms with E-state index in [-0.39, 0.29) is 21.4 Å². The maximum atomic E-state index is 11.8. The van der Waals surface area contributed by atoms with Gasteiger partial charge in [-0.1, -0.05) is 23.2 Å². The number of nitrogens with zero attached hydrogens (tertiary/aromatic N) is 1. The van der Waals surface area contributed by atoms with Gasteiger partial charge in [0.15, 0.2) is 0 Å². The standard InChI is InChI=1S/C11H11Cl2NO4S/c1-18-11(15)8-5-7(6-9(12)10(8)13)14-3-2-4-19(14,16)17/h5-6H,2-4H2,1H3. The lowest BCUT2D eigenvalue weighted by Gasteiger charge is -2.18. The summed E-state index contributed by atoms with van der Waals surface area (Å²) in [5.41, 5.74) is 0.376. The molecule has 8 heteroatoms. The summed E-state index contributed by atoms with van der Waals surface area (Å²) in [5.74, 6) is -0.578. The van der Waals surface area contributed by atoms with Crippen LogP contribution in [0.1, 0.15) is 16.8 Å². The van der Waals surface area contributed by atoms with Crippen LogP contribution >= 0.6 is 23.2 Å². The Hall–Kier alpha value is -0.980. The van der Waals surface area contributed by atoms with Gasteiger partial charge in [-0.2, -0.15) is 0 Å². The van der Waals surface area contributed by atoms with Gasteiger partial charge in [0, 0.05) is 6.54 Å². The molecule has 1 aromatic rings. The minimum absolute atomic E-state index is 0.0498. The lowest BCUT2D eigenvalue weighted by Crippen LogP contribution is -2.25. The topological polar surface area (TPSA) is 63.7 Å². The monoisotopic (exact) mass is 323 g/mol. The van der Waals surface area contributed by atoms with Crippen LogP contribution in [0.4, 0.5) is 5.69 Å². The van der Waals surface area contributed by atoms with E-state index in [1.165, 1.54) is 23.5 Å². The number of anilines is 1. The molecule has 0 spiro atoms. The fourth-order valence-electron chi connectivity index (χ4n) is 1.91. The van der Waals surface area contributed by atoms with E-state index in [1.54, 1.807) is 0 Å². The largest absolute Gasteiger partial charge is 0.465 e. The third kappa shape index (κ3) is 2.66. The Labute approximate surface area is 121 Å². The summed E-state index contributed by atoms with van der Waals surface area (Å²) < 4.78 is 29.5. The van der Waals surface area contributed by atoms with Crippen LogP contribution in [-0.4, -0.2) is 33.8 Å². The fourth-order valence-corrected chi connectivity index (χ4v) is 3.85. The van der Waals surface area contributed by atoms with E-state index in [2.05, 4.69) is 4.74 Å². The molecule has 1 aliphatic rings. The number of carbonyl (C=O) groups is 1. The van der Waals surface area contributed by atoms with E-state index in [9.17, 15) is 13.2 Å². The van der Waals surface area contributed by atoms with E-state index in [0.717, 1.165) is 0 Å². The van der Waals surface area contributed by atoms with Crippen molar-refractivity contribution >= 4 is 44.9 Å². The molecule has 0 atom stereocenters. The van der Waals surface area contributed by atoms with Crippen molar-refractivity contribution in [3.63, 3.8) is 0 Å². The number of hydrogen-bond acceptors (Lipinski definition) is 4. The molecule has 5 nitrogen and oxygen atoms in total. The Kier molecular flexibility index (Phi) is 3.94. The Balaban J connectivity index is 2.54. The van der Waals surface area contributed by atoms with Gasteiger partial charge >= 0.3 is 5.97 Å². The Morgan fingerprint density at radius 3 is 2.58 bits per heavy atom. The van der Waals surface area contributed by atoms with Gasteiger partial charge in [-0.15, -0.1) is 0 Å². The zero-order valence-electron chi connectivity index (χ0n) is 10.0. The molecule has 1 aliphatic heterocycles. The summed E-state index contributed by atoms with van der Waals surface area (Å²) in [6.07, 6.45) is 0.538. The van der Waals surface area contributed by atoms with Crippen LogP contribution in [0.3, 0.4) is 0 Å². The number of carbonyl (C=O) groups excluding carboxylic acids is 1. The molecule has 1 aromatic carbocycles. The molecule has 0 aliphatic carbocycles. The first-order valence-electron chi connectivity index (χ1n) is 5.44. The molecule has 104 valence electrons. The van der Waals surface area contributed by atoms with Crippen LogP contribution in [0, 0.1) is 0 Å². The SMILES string of the molecule is COC(=O)c1cc(N2CCCS2(=O)=O)cc(Cl)c1Cl. The number of benzene rings is 1. The van der Waals surface area contributed by atoms with Crippen molar-refractivity contribution in [3.8, 4) is 0 Å². The molecule has 1 saturated heterocycles. The van der Waals surface area contributed by atoms with Gasteiger partial charge in [0.1, 0.15) is 0 Å². The molecular formula is C11H11Cl2NO4S. The summed E-state index contributed by atoms with van der Waals surface area (Å²) in [6.45, 7) is 0.362. The highest BCUT2D eigenvalue weighted by atomic mass is 35.5. The number of sulfonamides is 1. The normalized spacial score (nSPS) is 17.5. The van der Waals surface area contributed by atoms with E-state index in [0.29, 0.717) is 18.7 Å². The molecule has 19 heavy (non-hydrogen) atoms. The molecular weight excluding hydrogens is 313 g/mol. The van der Waals surface area contributed by atoms with Crippen LogP contribution in [0.5, 0.6) is 0 Å². The number of methoxy groups -OCH3 is 1. The summed E-state index contributed by atoms with van der Waals surface area (Å²) in [5, 5.41) is 0.163. The van der Waals surface area contributed by atoms with E-state index in [1.807, 2.05) is 0 Å². The van der Waals surface area contributed by atoms with Crippen LogP contribution in [-0.2, 0) is 14.8 Å². The predicted octanol–water partition coefficient (Wildman–Crippen LogP) is 2.32. The second-order valence-corrected chi connectivity index (χ2v) is 6.82. The molecule has 1 heterocycles. The first-order valence-corrected chi connectivity index (χ1v) is 7.81. The number of hydrogen-bond donors (Lipinski definition) is 0. The average molecular weight is 324 g/mol. The molecule has 0 amide bonds. The molecule has 2 rings (SSSR count). The number of halogens is 2. The smallest absolute Gasteiger partial charge is 0.339 e. The van der Waals surface area contributed by atoms with Gasteiger partial charge in [-0.3, -0.25) is 4.31 Å². The summed E-state index contributed by atoms with van der Waals surface area (Å²) >= 11 is 11.8. The predicted molar refractivity (Wildman–Crippen MR) is 73.6 cm³/mol. The first-order chi connectivity index (χ1) is 8.86. The van der Waals surface area contributed by atoms with Crippen LogP contribution in [0.25, 0.3) is 0 Å². The Bertz CT molecular complexity index is 630. The maximum absolute atomic E-state index is 11.8. The fraction of sp³-hybridized carbons (Fsp3) is 0.364. The van der Waals surface area contributed by atoms with Crippen molar-refractivity contribution in [1.29, 1.82) is 0 Å². The van der Waals surface area contributed by atoms with Gasteiger partial charge in [0.2, 0.25) is 10.0 Å². The third-order valence-corrected chi connectivity index (χ3v) is 5.48. The first kappa shape index (κ1) is 14.4. The summed E-state index contributed by atoms with van der Waals surface area (Å²) in [4.78, 5) is 11.6. The minimum Gasteiger partial charge on any atom is -0.465 e. The highest BCUT2D eigenvalue weighted by Gasteiger charge is 2.30. The quantitative estimate of drug-likeness (QED) is 0.783. The minimum atomic E-state index is -3.34. The zero-order valence-corrected chi connectivity index (χ0v) is 12.3. The average Bonchev–Trinajstić information content (AvgIpc) is 2.71. The molecule has 0 bridgehead atoms. The highest BCUT2D eigenvalue weighted by Crippen LogP contribution is 2.34. The van der Waals surface area contributed by atoms with Crippen molar-refractivity contribution < 1.29 is 17.9 Å². The zero-order chi connectivity index (χ0) is 14.2. The van der Waals surface area contributed by atoms with Gasteiger partial charge < -0.3 is 4.74 Å². The van der Waals surface area contributed by atoms with E-state index >= 15 is 0 Å². The van der Waals surface area contributed by atoms with Gasteiger partial charge in [0.05, 0.1) is 34.2 Å². The van der Waals surface area contributed by atoms with Crippen molar-refractivity contribution in [2.45, 2.75) is 6.42 Å². The highest BCUT2D eigenvalue weighted by molar-refractivity contribution is 7.93. The second-order valence-electron chi connectivity index (χ2n) is 4.02. The van der Waals surface area contributed by atoms with Crippen molar-refractivity contribution in [3.05, 3.63) is 27.7 Å². The van der Waals surface area contributed by atoms with Crippen LogP contribution in [0.2, 0.25) is 10.0 Å². The summed E-state index contributed by atoms with van der Waals surface area (Å²) in [7, 11) is -2.13. The third-order valence-electron chi connectivity index (χ3n) is 2.81. The van der Waals surface area contributed by atoms with Crippen molar-refractivity contribution in [2.75, 3.05) is 23.7 Å². The second kappa shape index (κ2) is 5.19. The molecule has 0 unspecified atom stereocenters. The number of rotatable bonds is 2. The molecule has 0 aromatic heterocycles. The van der Waals surface area contributed by atoms with Crippen LogP contribution in [0.15, 0.2) is 12.1 Å². The number of ether oxygens (including phenoxy) is 1.